The molecule has 1 N–H and O–H groups in total. The Morgan fingerprint density at radius 3 is 2.81 bits per heavy atom. The van der Waals surface area contributed by atoms with Crippen LogP contribution in [0.25, 0.3) is 0 Å². The summed E-state index contributed by atoms with van der Waals surface area (Å²) in [5.74, 6) is 1.62. The quantitative estimate of drug-likeness (QED) is 0.380. The number of aliphatic imine (C=N–C) groups is 1. The number of nitrogens with zero attached hydrogens (tertiary/aromatic N) is 4. The molecule has 27 heavy (non-hydrogen) atoms. The van der Waals surface area contributed by atoms with Crippen molar-refractivity contribution in [2.24, 2.45) is 10.9 Å². The fraction of sp³-hybridized carbons (Fsp3) is 0.474. The molecule has 2 aromatic rings. The number of nitrogens with one attached hydrogen (secondary N) is 1. The molecule has 1 atom stereocenters. The second-order valence-corrected chi connectivity index (χ2v) is 6.49. The van der Waals surface area contributed by atoms with Gasteiger partial charge in [-0.05, 0) is 31.2 Å². The van der Waals surface area contributed by atoms with E-state index in [0.29, 0.717) is 5.92 Å². The lowest BCUT2D eigenvalue weighted by molar-refractivity contribution is 0.0671. The SMILES string of the molecule is CCNC(=NCc1nccn1C(F)F)N1CCC(Cc2ccccc2)C1.I. The standard InChI is InChI=1S/C19H25F2N5.HI/c1-2-22-19(24-13-17-23-9-11-26(17)18(20)21)25-10-8-16(14-25)12-15-6-4-3-5-7-15;/h3-7,9,11,16,18H,2,8,10,12-14H2,1H3,(H,22,24);1H. The van der Waals surface area contributed by atoms with Crippen LogP contribution in [-0.4, -0.2) is 40.0 Å². The van der Waals surface area contributed by atoms with E-state index in [9.17, 15) is 8.78 Å². The number of guanidine groups is 1. The monoisotopic (exact) mass is 489 g/mol. The Kier molecular flexibility index (Phi) is 8.46. The van der Waals surface area contributed by atoms with E-state index in [0.717, 1.165) is 43.0 Å². The highest BCUT2D eigenvalue weighted by Gasteiger charge is 2.25. The number of hydrogen-bond donors (Lipinski definition) is 1. The molecule has 1 aliphatic heterocycles. The average Bonchev–Trinajstić information content (AvgIpc) is 3.29. The van der Waals surface area contributed by atoms with Gasteiger partial charge in [0.15, 0.2) is 5.96 Å². The highest BCUT2D eigenvalue weighted by molar-refractivity contribution is 14.0. The second-order valence-electron chi connectivity index (χ2n) is 6.49. The van der Waals surface area contributed by atoms with Gasteiger partial charge in [0.25, 0.3) is 0 Å². The largest absolute Gasteiger partial charge is 0.357 e. The van der Waals surface area contributed by atoms with Gasteiger partial charge in [-0.3, -0.25) is 4.57 Å². The molecule has 2 heterocycles. The molecular formula is C19H26F2IN5. The summed E-state index contributed by atoms with van der Waals surface area (Å²) in [5.41, 5.74) is 1.35. The Morgan fingerprint density at radius 1 is 1.33 bits per heavy atom. The molecule has 148 valence electrons. The maximum Gasteiger partial charge on any atom is 0.319 e. The van der Waals surface area contributed by atoms with E-state index in [-0.39, 0.29) is 36.3 Å². The van der Waals surface area contributed by atoms with E-state index >= 15 is 0 Å². The summed E-state index contributed by atoms with van der Waals surface area (Å²) in [6, 6.07) is 10.5. The Bertz CT molecular complexity index is 720. The molecular weight excluding hydrogens is 463 g/mol. The van der Waals surface area contributed by atoms with Crippen LogP contribution < -0.4 is 5.32 Å². The van der Waals surface area contributed by atoms with Gasteiger partial charge in [0.2, 0.25) is 0 Å². The van der Waals surface area contributed by atoms with Gasteiger partial charge in [-0.2, -0.15) is 8.78 Å². The van der Waals surface area contributed by atoms with Crippen LogP contribution in [0.1, 0.15) is 31.3 Å². The smallest absolute Gasteiger partial charge is 0.319 e. The number of rotatable bonds is 6. The zero-order valence-corrected chi connectivity index (χ0v) is 17.7. The van der Waals surface area contributed by atoms with Gasteiger partial charge in [-0.15, -0.1) is 24.0 Å². The van der Waals surface area contributed by atoms with Crippen molar-refractivity contribution in [3.05, 3.63) is 54.1 Å². The molecule has 1 unspecified atom stereocenters. The predicted octanol–water partition coefficient (Wildman–Crippen LogP) is 3.93. The van der Waals surface area contributed by atoms with Gasteiger partial charge in [-0.25, -0.2) is 9.98 Å². The second kappa shape index (κ2) is 10.6. The van der Waals surface area contributed by atoms with Crippen LogP contribution in [0.3, 0.4) is 0 Å². The van der Waals surface area contributed by atoms with Crippen LogP contribution >= 0.6 is 24.0 Å². The number of aromatic nitrogens is 2. The topological polar surface area (TPSA) is 45.5 Å². The zero-order chi connectivity index (χ0) is 18.4. The van der Waals surface area contributed by atoms with Crippen LogP contribution in [0.4, 0.5) is 8.78 Å². The van der Waals surface area contributed by atoms with Crippen molar-refractivity contribution >= 4 is 29.9 Å². The molecule has 0 saturated carbocycles. The van der Waals surface area contributed by atoms with Crippen molar-refractivity contribution in [2.75, 3.05) is 19.6 Å². The first kappa shape index (κ1) is 21.6. The first-order valence-corrected chi connectivity index (χ1v) is 9.04. The summed E-state index contributed by atoms with van der Waals surface area (Å²) in [7, 11) is 0. The van der Waals surface area contributed by atoms with Crippen molar-refractivity contribution < 1.29 is 8.78 Å². The lowest BCUT2D eigenvalue weighted by Crippen LogP contribution is -2.40. The van der Waals surface area contributed by atoms with Crippen LogP contribution in [0.2, 0.25) is 0 Å². The molecule has 8 heteroatoms. The van der Waals surface area contributed by atoms with E-state index in [1.807, 2.05) is 13.0 Å². The summed E-state index contributed by atoms with van der Waals surface area (Å²) in [6.07, 6.45) is 4.82. The van der Waals surface area contributed by atoms with E-state index in [4.69, 9.17) is 0 Å². The zero-order valence-electron chi connectivity index (χ0n) is 15.4. The summed E-state index contributed by atoms with van der Waals surface area (Å²) in [6.45, 7) is 2.14. The molecule has 3 rings (SSSR count). The van der Waals surface area contributed by atoms with E-state index in [1.54, 1.807) is 0 Å². The maximum atomic E-state index is 12.9. The summed E-state index contributed by atoms with van der Waals surface area (Å²) in [5, 5.41) is 3.27. The predicted molar refractivity (Wildman–Crippen MR) is 114 cm³/mol. The van der Waals surface area contributed by atoms with Gasteiger partial charge in [0, 0.05) is 32.0 Å². The van der Waals surface area contributed by atoms with Crippen LogP contribution in [0, 0.1) is 5.92 Å². The van der Waals surface area contributed by atoms with Crippen molar-refractivity contribution in [1.29, 1.82) is 0 Å². The minimum absolute atomic E-state index is 0. The van der Waals surface area contributed by atoms with Gasteiger partial charge >= 0.3 is 6.55 Å². The highest BCUT2D eigenvalue weighted by Crippen LogP contribution is 2.21. The fourth-order valence-corrected chi connectivity index (χ4v) is 3.35. The van der Waals surface area contributed by atoms with Crippen molar-refractivity contribution in [3.63, 3.8) is 0 Å². The number of hydrogen-bond acceptors (Lipinski definition) is 2. The summed E-state index contributed by atoms with van der Waals surface area (Å²) < 4.78 is 26.7. The van der Waals surface area contributed by atoms with Crippen molar-refractivity contribution in [3.8, 4) is 0 Å². The Hall–Kier alpha value is -1.71. The van der Waals surface area contributed by atoms with Crippen molar-refractivity contribution in [1.82, 2.24) is 19.8 Å². The van der Waals surface area contributed by atoms with E-state index in [1.165, 1.54) is 18.0 Å². The van der Waals surface area contributed by atoms with Gasteiger partial charge in [0.1, 0.15) is 12.4 Å². The number of likely N-dealkylation sites (tertiary alicyclic amines) is 1. The van der Waals surface area contributed by atoms with E-state index < -0.39 is 6.55 Å². The minimum Gasteiger partial charge on any atom is -0.357 e. The Morgan fingerprint density at radius 2 is 2.11 bits per heavy atom. The normalized spacial score (nSPS) is 17.3. The molecule has 1 aliphatic rings. The molecule has 1 fully saturated rings. The number of imidazole rings is 1. The molecule has 0 bridgehead atoms. The molecule has 0 radical (unpaired) electrons. The molecule has 5 nitrogen and oxygen atoms in total. The van der Waals surface area contributed by atoms with Gasteiger partial charge in [0.05, 0.1) is 0 Å². The lowest BCUT2D eigenvalue weighted by Gasteiger charge is -2.21. The number of halogens is 3. The molecule has 1 aromatic heterocycles. The van der Waals surface area contributed by atoms with Gasteiger partial charge in [-0.1, -0.05) is 30.3 Å². The molecule has 0 aliphatic carbocycles. The molecule has 1 aromatic carbocycles. The fourth-order valence-electron chi connectivity index (χ4n) is 3.35. The van der Waals surface area contributed by atoms with E-state index in [2.05, 4.69) is 44.5 Å². The first-order chi connectivity index (χ1) is 12.7. The van der Waals surface area contributed by atoms with Crippen LogP contribution in [0.5, 0.6) is 0 Å². The molecule has 0 spiro atoms. The molecule has 1 saturated heterocycles. The molecule has 0 amide bonds. The van der Waals surface area contributed by atoms with Crippen LogP contribution in [0.15, 0.2) is 47.7 Å². The number of alkyl halides is 2. The third kappa shape index (κ3) is 5.88. The van der Waals surface area contributed by atoms with Gasteiger partial charge < -0.3 is 10.2 Å². The third-order valence-corrected chi connectivity index (χ3v) is 4.62. The van der Waals surface area contributed by atoms with Crippen molar-refractivity contribution in [2.45, 2.75) is 32.9 Å². The average molecular weight is 489 g/mol. The minimum atomic E-state index is -2.59. The maximum absolute atomic E-state index is 12.9. The third-order valence-electron chi connectivity index (χ3n) is 4.62. The Balaban J connectivity index is 0.00000261. The first-order valence-electron chi connectivity index (χ1n) is 9.04. The Labute approximate surface area is 175 Å². The summed E-state index contributed by atoms with van der Waals surface area (Å²) >= 11 is 0. The van der Waals surface area contributed by atoms with Crippen LogP contribution in [-0.2, 0) is 13.0 Å². The summed E-state index contributed by atoms with van der Waals surface area (Å²) in [4.78, 5) is 10.7. The number of benzene rings is 1. The highest BCUT2D eigenvalue weighted by atomic mass is 127. The lowest BCUT2D eigenvalue weighted by atomic mass is 9.99.